The summed E-state index contributed by atoms with van der Waals surface area (Å²) in [5, 5.41) is 2.79. The van der Waals surface area contributed by atoms with E-state index in [1.165, 1.54) is 4.90 Å². The minimum absolute atomic E-state index is 0.0919. The highest BCUT2D eigenvalue weighted by molar-refractivity contribution is 6.14. The molecular formula is C20H20N2O4. The monoisotopic (exact) mass is 352 g/mol. The van der Waals surface area contributed by atoms with Gasteiger partial charge in [0.25, 0.3) is 5.91 Å². The molecule has 0 bridgehead atoms. The maximum Gasteiger partial charge on any atom is 0.310 e. The molecule has 3 rings (SSSR count). The number of carbonyl (C=O) groups excluding carboxylic acids is 3. The summed E-state index contributed by atoms with van der Waals surface area (Å²) in [6.07, 6.45) is 0.0919. The fraction of sp³-hybridized carbons (Fsp3) is 0.250. The molecule has 2 aromatic carbocycles. The Hall–Kier alpha value is -3.15. The molecule has 1 aliphatic rings. The zero-order valence-corrected chi connectivity index (χ0v) is 14.7. The number of benzene rings is 2. The summed E-state index contributed by atoms with van der Waals surface area (Å²) in [6, 6.07) is 16.2. The smallest absolute Gasteiger partial charge is 0.310 e. The number of anilines is 2. The molecule has 0 radical (unpaired) electrons. The largest absolute Gasteiger partial charge is 0.455 e. The number of hydrogen-bond acceptors (Lipinski definition) is 4. The topological polar surface area (TPSA) is 75.7 Å². The lowest BCUT2D eigenvalue weighted by Gasteiger charge is -2.41. The van der Waals surface area contributed by atoms with Gasteiger partial charge < -0.3 is 10.1 Å². The van der Waals surface area contributed by atoms with E-state index in [1.54, 1.807) is 38.1 Å². The number of para-hydroxylation sites is 2. The molecule has 1 N–H and O–H groups in total. The Balaban J connectivity index is 1.72. The van der Waals surface area contributed by atoms with Crippen LogP contribution in [-0.2, 0) is 25.5 Å². The van der Waals surface area contributed by atoms with Gasteiger partial charge in [-0.3, -0.25) is 19.3 Å². The van der Waals surface area contributed by atoms with Gasteiger partial charge in [0.1, 0.15) is 5.54 Å². The molecule has 6 nitrogen and oxygen atoms in total. The van der Waals surface area contributed by atoms with E-state index in [1.807, 2.05) is 30.3 Å². The van der Waals surface area contributed by atoms with Gasteiger partial charge in [0, 0.05) is 0 Å². The second-order valence-electron chi connectivity index (χ2n) is 6.58. The van der Waals surface area contributed by atoms with Gasteiger partial charge >= 0.3 is 5.97 Å². The van der Waals surface area contributed by atoms with Crippen molar-refractivity contribution in [1.29, 1.82) is 0 Å². The van der Waals surface area contributed by atoms with Gasteiger partial charge in [0.15, 0.2) is 6.61 Å². The number of hydrogen-bond donors (Lipinski definition) is 1. The van der Waals surface area contributed by atoms with Gasteiger partial charge in [-0.1, -0.05) is 42.5 Å². The van der Waals surface area contributed by atoms with Crippen LogP contribution in [0.3, 0.4) is 0 Å². The van der Waals surface area contributed by atoms with Crippen LogP contribution in [0.1, 0.15) is 19.4 Å². The molecule has 26 heavy (non-hydrogen) atoms. The Bertz CT molecular complexity index is 846. The van der Waals surface area contributed by atoms with Crippen LogP contribution in [-0.4, -0.2) is 29.9 Å². The van der Waals surface area contributed by atoms with Crippen LogP contribution >= 0.6 is 0 Å². The van der Waals surface area contributed by atoms with E-state index in [9.17, 15) is 14.4 Å². The van der Waals surface area contributed by atoms with Crippen molar-refractivity contribution in [2.45, 2.75) is 25.8 Å². The molecule has 2 amide bonds. The predicted octanol–water partition coefficient (Wildman–Crippen LogP) is 2.54. The van der Waals surface area contributed by atoms with Crippen LogP contribution in [0.15, 0.2) is 54.6 Å². The number of nitrogens with zero attached hydrogens (tertiary/aromatic N) is 1. The van der Waals surface area contributed by atoms with Crippen molar-refractivity contribution < 1.29 is 19.1 Å². The third-order valence-corrected chi connectivity index (χ3v) is 4.31. The highest BCUT2D eigenvalue weighted by Crippen LogP contribution is 2.36. The van der Waals surface area contributed by atoms with E-state index < -0.39 is 24.0 Å². The molecule has 0 aromatic heterocycles. The third kappa shape index (κ3) is 3.44. The van der Waals surface area contributed by atoms with Gasteiger partial charge in [-0.05, 0) is 31.5 Å². The van der Waals surface area contributed by atoms with E-state index >= 15 is 0 Å². The van der Waals surface area contributed by atoms with Crippen molar-refractivity contribution in [3.05, 3.63) is 60.2 Å². The first-order valence-electron chi connectivity index (χ1n) is 8.32. The fourth-order valence-corrected chi connectivity index (χ4v) is 2.92. The number of ether oxygens (including phenoxy) is 1. The zero-order valence-electron chi connectivity index (χ0n) is 14.7. The van der Waals surface area contributed by atoms with Crippen LogP contribution in [0.25, 0.3) is 0 Å². The molecule has 0 fully saturated rings. The molecule has 0 saturated carbocycles. The van der Waals surface area contributed by atoms with Crippen LogP contribution in [0, 0.1) is 0 Å². The molecular weight excluding hydrogens is 332 g/mol. The van der Waals surface area contributed by atoms with Crippen LogP contribution in [0.2, 0.25) is 0 Å². The lowest BCUT2D eigenvalue weighted by Crippen LogP contribution is -2.59. The molecule has 0 unspecified atom stereocenters. The van der Waals surface area contributed by atoms with Crippen molar-refractivity contribution in [2.24, 2.45) is 0 Å². The van der Waals surface area contributed by atoms with E-state index in [0.29, 0.717) is 11.4 Å². The molecule has 0 spiro atoms. The first-order valence-corrected chi connectivity index (χ1v) is 8.32. The summed E-state index contributed by atoms with van der Waals surface area (Å²) in [5.74, 6) is -1.23. The van der Waals surface area contributed by atoms with Crippen molar-refractivity contribution >= 4 is 29.2 Å². The SMILES string of the molecule is CC1(C)C(=O)Nc2ccccc2N1C(=O)COC(=O)Cc1ccccc1. The van der Waals surface area contributed by atoms with Gasteiger partial charge in [-0.2, -0.15) is 0 Å². The zero-order chi connectivity index (χ0) is 18.7. The molecule has 1 heterocycles. The lowest BCUT2D eigenvalue weighted by molar-refractivity contribution is -0.147. The normalized spacial score (nSPS) is 15.0. The highest BCUT2D eigenvalue weighted by Gasteiger charge is 2.43. The van der Waals surface area contributed by atoms with E-state index in [0.717, 1.165) is 5.56 Å². The fourth-order valence-electron chi connectivity index (χ4n) is 2.92. The van der Waals surface area contributed by atoms with Gasteiger partial charge in [-0.15, -0.1) is 0 Å². The summed E-state index contributed by atoms with van der Waals surface area (Å²) in [5.41, 5.74) is 0.868. The van der Waals surface area contributed by atoms with E-state index in [4.69, 9.17) is 4.74 Å². The molecule has 2 aromatic rings. The van der Waals surface area contributed by atoms with Crippen molar-refractivity contribution in [3.63, 3.8) is 0 Å². The van der Waals surface area contributed by atoms with Gasteiger partial charge in [-0.25, -0.2) is 0 Å². The maximum atomic E-state index is 12.7. The number of carbonyl (C=O) groups is 3. The molecule has 0 saturated heterocycles. The Morgan fingerprint density at radius 1 is 1.04 bits per heavy atom. The predicted molar refractivity (Wildman–Crippen MR) is 97.7 cm³/mol. The molecule has 0 atom stereocenters. The van der Waals surface area contributed by atoms with E-state index in [2.05, 4.69) is 5.32 Å². The number of nitrogens with one attached hydrogen (secondary N) is 1. The minimum Gasteiger partial charge on any atom is -0.455 e. The van der Waals surface area contributed by atoms with Crippen molar-refractivity contribution in [3.8, 4) is 0 Å². The second-order valence-corrected chi connectivity index (χ2v) is 6.58. The number of fused-ring (bicyclic) bond motifs is 1. The number of esters is 1. The average molecular weight is 352 g/mol. The average Bonchev–Trinajstić information content (AvgIpc) is 2.61. The molecule has 134 valence electrons. The Kier molecular flexibility index (Phi) is 4.75. The summed E-state index contributed by atoms with van der Waals surface area (Å²) >= 11 is 0. The van der Waals surface area contributed by atoms with Crippen LogP contribution < -0.4 is 10.2 Å². The van der Waals surface area contributed by atoms with Crippen LogP contribution in [0.5, 0.6) is 0 Å². The first kappa shape index (κ1) is 17.7. The van der Waals surface area contributed by atoms with Crippen molar-refractivity contribution in [2.75, 3.05) is 16.8 Å². The number of amides is 2. The van der Waals surface area contributed by atoms with Crippen molar-refractivity contribution in [1.82, 2.24) is 0 Å². The quantitative estimate of drug-likeness (QED) is 0.858. The Labute approximate surface area is 151 Å². The molecule has 1 aliphatic heterocycles. The maximum absolute atomic E-state index is 12.7. The first-order chi connectivity index (χ1) is 12.4. The van der Waals surface area contributed by atoms with Gasteiger partial charge in [0.2, 0.25) is 5.91 Å². The van der Waals surface area contributed by atoms with E-state index in [-0.39, 0.29) is 12.3 Å². The Morgan fingerprint density at radius 3 is 2.42 bits per heavy atom. The summed E-state index contributed by atoms with van der Waals surface area (Å²) in [4.78, 5) is 38.5. The third-order valence-electron chi connectivity index (χ3n) is 4.31. The molecule has 6 heteroatoms. The molecule has 0 aliphatic carbocycles. The van der Waals surface area contributed by atoms with Gasteiger partial charge in [0.05, 0.1) is 17.8 Å². The minimum atomic E-state index is -1.09. The van der Waals surface area contributed by atoms with Crippen LogP contribution in [0.4, 0.5) is 11.4 Å². The lowest BCUT2D eigenvalue weighted by atomic mass is 9.96. The number of rotatable bonds is 4. The summed E-state index contributed by atoms with van der Waals surface area (Å²) < 4.78 is 5.14. The standard InChI is InChI=1S/C20H20N2O4/c1-20(2)19(25)21-15-10-6-7-11-16(15)22(20)17(23)13-26-18(24)12-14-8-4-3-5-9-14/h3-11H,12-13H2,1-2H3,(H,21,25). The Morgan fingerprint density at radius 2 is 1.69 bits per heavy atom. The summed E-state index contributed by atoms with van der Waals surface area (Å²) in [7, 11) is 0. The highest BCUT2D eigenvalue weighted by atomic mass is 16.5. The summed E-state index contributed by atoms with van der Waals surface area (Å²) in [6.45, 7) is 2.89. The second kappa shape index (κ2) is 7.00.